The van der Waals surface area contributed by atoms with Gasteiger partial charge in [0, 0.05) is 24.2 Å². The van der Waals surface area contributed by atoms with Crippen molar-refractivity contribution in [2.45, 2.75) is 6.54 Å². The molecule has 0 atom stereocenters. The van der Waals surface area contributed by atoms with Crippen molar-refractivity contribution in [3.63, 3.8) is 0 Å². The number of nitrogens with zero attached hydrogens (tertiary/aromatic N) is 1. The van der Waals surface area contributed by atoms with Crippen LogP contribution in [0, 0.1) is 5.82 Å². The second-order valence-corrected chi connectivity index (χ2v) is 5.90. The molecule has 0 bridgehead atoms. The maximum atomic E-state index is 13.2. The van der Waals surface area contributed by atoms with E-state index in [2.05, 4.69) is 0 Å². The molecule has 0 saturated heterocycles. The summed E-state index contributed by atoms with van der Waals surface area (Å²) in [5.74, 6) is 0.240. The third kappa shape index (κ3) is 3.66. The molecule has 0 radical (unpaired) electrons. The Hall–Kier alpha value is -2.59. The molecule has 3 aromatic rings. The number of amides is 1. The Morgan fingerprint density at radius 1 is 1.12 bits per heavy atom. The second-order valence-electron chi connectivity index (χ2n) is 5.46. The fourth-order valence-electron chi connectivity index (χ4n) is 2.39. The van der Waals surface area contributed by atoms with Crippen molar-refractivity contribution in [3.05, 3.63) is 82.8 Å². The van der Waals surface area contributed by atoms with Gasteiger partial charge in [0.25, 0.3) is 5.91 Å². The Morgan fingerprint density at radius 3 is 2.58 bits per heavy atom. The smallest absolute Gasteiger partial charge is 0.289 e. The lowest BCUT2D eigenvalue weighted by Crippen LogP contribution is -2.25. The largest absolute Gasteiger partial charge is 0.451 e. The van der Waals surface area contributed by atoms with E-state index in [1.54, 1.807) is 43.4 Å². The van der Waals surface area contributed by atoms with E-state index in [9.17, 15) is 9.18 Å². The lowest BCUT2D eigenvalue weighted by molar-refractivity contribution is 0.0754. The van der Waals surface area contributed by atoms with E-state index in [4.69, 9.17) is 16.0 Å². The van der Waals surface area contributed by atoms with Gasteiger partial charge in [0.2, 0.25) is 0 Å². The molecule has 0 aliphatic carbocycles. The predicted molar refractivity (Wildman–Crippen MR) is 91.4 cm³/mol. The number of benzene rings is 2. The van der Waals surface area contributed by atoms with Gasteiger partial charge in [-0.05, 0) is 54.1 Å². The molecule has 0 aliphatic rings. The lowest BCUT2D eigenvalue weighted by atomic mass is 10.2. The highest BCUT2D eigenvalue weighted by atomic mass is 35.5. The fourth-order valence-corrected chi connectivity index (χ4v) is 2.52. The molecule has 1 amide bonds. The summed E-state index contributed by atoms with van der Waals surface area (Å²) >= 11 is 5.87. The first-order chi connectivity index (χ1) is 11.5. The summed E-state index contributed by atoms with van der Waals surface area (Å²) in [6, 6.07) is 16.7. The molecule has 0 fully saturated rings. The number of hydrogen-bond acceptors (Lipinski definition) is 2. The molecule has 1 heterocycles. The minimum atomic E-state index is -0.323. The number of carbonyl (C=O) groups excluding carboxylic acids is 1. The van der Waals surface area contributed by atoms with E-state index >= 15 is 0 Å². The molecule has 3 nitrogen and oxygen atoms in total. The summed E-state index contributed by atoms with van der Waals surface area (Å²) < 4.78 is 18.9. The van der Waals surface area contributed by atoms with Crippen LogP contribution in [-0.4, -0.2) is 17.9 Å². The first-order valence-electron chi connectivity index (χ1n) is 7.38. The van der Waals surface area contributed by atoms with E-state index in [0.717, 1.165) is 11.1 Å². The van der Waals surface area contributed by atoms with E-state index in [1.807, 2.05) is 12.1 Å². The molecule has 0 unspecified atom stereocenters. The predicted octanol–water partition coefficient (Wildman–Crippen LogP) is 5.01. The van der Waals surface area contributed by atoms with Crippen LogP contribution in [0.25, 0.3) is 11.3 Å². The first-order valence-corrected chi connectivity index (χ1v) is 7.76. The summed E-state index contributed by atoms with van der Waals surface area (Å²) in [4.78, 5) is 13.9. The summed E-state index contributed by atoms with van der Waals surface area (Å²) in [6.45, 7) is 0.299. The van der Waals surface area contributed by atoms with Crippen LogP contribution in [0.4, 0.5) is 4.39 Å². The number of hydrogen-bond donors (Lipinski definition) is 0. The van der Waals surface area contributed by atoms with Gasteiger partial charge in [0.1, 0.15) is 11.6 Å². The Kier molecular flexibility index (Phi) is 4.67. The minimum Gasteiger partial charge on any atom is -0.451 e. The standard InChI is InChI=1S/C19H15ClFNO2/c1-22(12-13-3-2-4-16(21)11-13)19(23)18-10-9-17(24-18)14-5-7-15(20)8-6-14/h2-11H,12H2,1H3. The highest BCUT2D eigenvalue weighted by Crippen LogP contribution is 2.24. The van der Waals surface area contributed by atoms with Crippen molar-refractivity contribution in [1.82, 2.24) is 4.90 Å². The van der Waals surface area contributed by atoms with Crippen LogP contribution < -0.4 is 0 Å². The molecule has 0 spiro atoms. The molecule has 3 rings (SSSR count). The zero-order chi connectivity index (χ0) is 17.1. The topological polar surface area (TPSA) is 33.5 Å². The molecular weight excluding hydrogens is 329 g/mol. The van der Waals surface area contributed by atoms with Crippen LogP contribution in [0.1, 0.15) is 16.1 Å². The Bertz CT molecular complexity index is 858. The number of rotatable bonds is 4. The molecule has 122 valence electrons. The summed E-state index contributed by atoms with van der Waals surface area (Å²) in [5, 5.41) is 0.636. The molecule has 1 aromatic heterocycles. The maximum absolute atomic E-state index is 13.2. The third-order valence-electron chi connectivity index (χ3n) is 3.60. The lowest BCUT2D eigenvalue weighted by Gasteiger charge is -2.15. The monoisotopic (exact) mass is 343 g/mol. The average Bonchev–Trinajstić information content (AvgIpc) is 3.04. The normalized spacial score (nSPS) is 10.6. The van der Waals surface area contributed by atoms with Crippen LogP contribution in [0.5, 0.6) is 0 Å². The van der Waals surface area contributed by atoms with E-state index < -0.39 is 0 Å². The number of furan rings is 1. The SMILES string of the molecule is CN(Cc1cccc(F)c1)C(=O)c1ccc(-c2ccc(Cl)cc2)o1. The van der Waals surface area contributed by atoms with Crippen LogP contribution in [-0.2, 0) is 6.54 Å². The zero-order valence-corrected chi connectivity index (χ0v) is 13.8. The molecule has 0 saturated carbocycles. The number of carbonyl (C=O) groups is 1. The van der Waals surface area contributed by atoms with Gasteiger partial charge >= 0.3 is 0 Å². The van der Waals surface area contributed by atoms with Gasteiger partial charge in [-0.2, -0.15) is 0 Å². The van der Waals surface area contributed by atoms with Crippen molar-refractivity contribution in [3.8, 4) is 11.3 Å². The van der Waals surface area contributed by atoms with Crippen molar-refractivity contribution in [2.24, 2.45) is 0 Å². The molecule has 24 heavy (non-hydrogen) atoms. The van der Waals surface area contributed by atoms with Crippen molar-refractivity contribution in [1.29, 1.82) is 0 Å². The number of halogens is 2. The van der Waals surface area contributed by atoms with Gasteiger partial charge in [-0.15, -0.1) is 0 Å². The highest BCUT2D eigenvalue weighted by molar-refractivity contribution is 6.30. The first kappa shape index (κ1) is 16.3. The van der Waals surface area contributed by atoms with Gasteiger partial charge < -0.3 is 9.32 Å². The second kappa shape index (κ2) is 6.89. The highest BCUT2D eigenvalue weighted by Gasteiger charge is 2.17. The van der Waals surface area contributed by atoms with Crippen LogP contribution in [0.3, 0.4) is 0 Å². The van der Waals surface area contributed by atoms with Crippen molar-refractivity contribution >= 4 is 17.5 Å². The van der Waals surface area contributed by atoms with Gasteiger partial charge in [-0.25, -0.2) is 4.39 Å². The molecule has 0 N–H and O–H groups in total. The van der Waals surface area contributed by atoms with Crippen molar-refractivity contribution in [2.75, 3.05) is 7.05 Å². The Morgan fingerprint density at radius 2 is 1.88 bits per heavy atom. The van der Waals surface area contributed by atoms with Crippen LogP contribution in [0.15, 0.2) is 65.1 Å². The summed E-state index contributed by atoms with van der Waals surface area (Å²) in [6.07, 6.45) is 0. The zero-order valence-electron chi connectivity index (χ0n) is 13.0. The van der Waals surface area contributed by atoms with Gasteiger partial charge in [-0.3, -0.25) is 4.79 Å². The molecule has 0 aliphatic heterocycles. The van der Waals surface area contributed by atoms with E-state index in [0.29, 0.717) is 17.3 Å². The van der Waals surface area contributed by atoms with Crippen LogP contribution >= 0.6 is 11.6 Å². The Balaban J connectivity index is 1.74. The fraction of sp³-hybridized carbons (Fsp3) is 0.105. The van der Waals surface area contributed by atoms with Gasteiger partial charge in [-0.1, -0.05) is 23.7 Å². The molecule has 2 aromatic carbocycles. The van der Waals surface area contributed by atoms with Crippen molar-refractivity contribution < 1.29 is 13.6 Å². The van der Waals surface area contributed by atoms with Gasteiger partial charge in [0.05, 0.1) is 0 Å². The Labute approximate surface area is 144 Å². The van der Waals surface area contributed by atoms with Gasteiger partial charge in [0.15, 0.2) is 5.76 Å². The minimum absolute atomic E-state index is 0.235. The molecular formula is C19H15ClFNO2. The average molecular weight is 344 g/mol. The van der Waals surface area contributed by atoms with Crippen LogP contribution in [0.2, 0.25) is 5.02 Å². The quantitative estimate of drug-likeness (QED) is 0.667. The van der Waals surface area contributed by atoms with E-state index in [1.165, 1.54) is 17.0 Å². The third-order valence-corrected chi connectivity index (χ3v) is 3.85. The maximum Gasteiger partial charge on any atom is 0.289 e. The summed E-state index contributed by atoms with van der Waals surface area (Å²) in [5.41, 5.74) is 1.56. The molecule has 5 heteroatoms. The summed E-state index contributed by atoms with van der Waals surface area (Å²) in [7, 11) is 1.65. The van der Waals surface area contributed by atoms with E-state index in [-0.39, 0.29) is 17.5 Å².